The summed E-state index contributed by atoms with van der Waals surface area (Å²) < 4.78 is 0. The van der Waals surface area contributed by atoms with Crippen molar-refractivity contribution in [3.05, 3.63) is 68.7 Å². The Kier molecular flexibility index (Phi) is 10.4. The molecule has 0 aliphatic heterocycles. The first kappa shape index (κ1) is 26.6. The number of halogens is 2. The Balaban J connectivity index is 2.14. The SMILES string of the molecule is CCC(C)NC(=O)C(C)N(Cc1ccc(Cl)cc1Cl)C(=O)CSCc1cc(C)cc(C)c1. The highest BCUT2D eigenvalue weighted by Gasteiger charge is 2.27. The smallest absolute Gasteiger partial charge is 0.242 e. The molecular weight excluding hydrogens is 463 g/mol. The first-order chi connectivity index (χ1) is 15.1. The van der Waals surface area contributed by atoms with Gasteiger partial charge in [-0.1, -0.05) is 65.5 Å². The number of nitrogens with one attached hydrogen (secondary N) is 1. The molecule has 7 heteroatoms. The largest absolute Gasteiger partial charge is 0.352 e. The molecule has 0 aliphatic carbocycles. The summed E-state index contributed by atoms with van der Waals surface area (Å²) in [5, 5.41) is 3.98. The van der Waals surface area contributed by atoms with Gasteiger partial charge in [0.2, 0.25) is 11.8 Å². The molecule has 4 nitrogen and oxygen atoms in total. The van der Waals surface area contributed by atoms with E-state index in [0.29, 0.717) is 10.0 Å². The molecule has 0 saturated carbocycles. The Morgan fingerprint density at radius 1 is 1.06 bits per heavy atom. The van der Waals surface area contributed by atoms with Crippen molar-refractivity contribution < 1.29 is 9.59 Å². The third kappa shape index (κ3) is 8.02. The third-order valence-electron chi connectivity index (χ3n) is 5.30. The van der Waals surface area contributed by atoms with Crippen molar-refractivity contribution in [2.45, 2.75) is 65.4 Å². The van der Waals surface area contributed by atoms with Crippen LogP contribution in [-0.2, 0) is 21.9 Å². The number of amides is 2. The predicted molar refractivity (Wildman–Crippen MR) is 136 cm³/mol. The molecule has 0 spiro atoms. The van der Waals surface area contributed by atoms with E-state index < -0.39 is 6.04 Å². The topological polar surface area (TPSA) is 49.4 Å². The van der Waals surface area contributed by atoms with Crippen molar-refractivity contribution in [3.63, 3.8) is 0 Å². The van der Waals surface area contributed by atoms with Crippen LogP contribution in [0.3, 0.4) is 0 Å². The van der Waals surface area contributed by atoms with Crippen LogP contribution in [0.5, 0.6) is 0 Å². The van der Waals surface area contributed by atoms with Gasteiger partial charge in [0, 0.05) is 28.4 Å². The zero-order valence-electron chi connectivity index (χ0n) is 19.4. The molecule has 0 bridgehead atoms. The summed E-state index contributed by atoms with van der Waals surface area (Å²) in [6.07, 6.45) is 0.821. The maximum atomic E-state index is 13.2. The van der Waals surface area contributed by atoms with Gasteiger partial charge in [0.05, 0.1) is 5.75 Å². The van der Waals surface area contributed by atoms with Gasteiger partial charge in [0.1, 0.15) is 6.04 Å². The maximum Gasteiger partial charge on any atom is 0.242 e. The molecule has 0 saturated heterocycles. The molecule has 2 rings (SSSR count). The van der Waals surface area contributed by atoms with Crippen molar-refractivity contribution in [2.75, 3.05) is 5.75 Å². The summed E-state index contributed by atoms with van der Waals surface area (Å²) in [5.74, 6) is 0.741. The first-order valence-corrected chi connectivity index (χ1v) is 12.7. The van der Waals surface area contributed by atoms with Crippen LogP contribution in [0, 0.1) is 13.8 Å². The predicted octanol–water partition coefficient (Wildman–Crippen LogP) is 6.18. The number of nitrogens with zero attached hydrogens (tertiary/aromatic N) is 1. The lowest BCUT2D eigenvalue weighted by molar-refractivity contribution is -0.138. The van der Waals surface area contributed by atoms with Gasteiger partial charge in [-0.15, -0.1) is 11.8 Å². The van der Waals surface area contributed by atoms with Crippen LogP contribution < -0.4 is 5.32 Å². The minimum absolute atomic E-state index is 0.0416. The highest BCUT2D eigenvalue weighted by Crippen LogP contribution is 2.24. The van der Waals surface area contributed by atoms with E-state index in [1.54, 1.807) is 41.8 Å². The quantitative estimate of drug-likeness (QED) is 0.429. The van der Waals surface area contributed by atoms with Gasteiger partial charge in [-0.25, -0.2) is 0 Å². The summed E-state index contributed by atoms with van der Waals surface area (Å²) in [6, 6.07) is 11.0. The van der Waals surface area contributed by atoms with Crippen LogP contribution in [-0.4, -0.2) is 34.6 Å². The fourth-order valence-corrected chi connectivity index (χ4v) is 4.69. The number of benzene rings is 2. The Bertz CT molecular complexity index is 931. The first-order valence-electron chi connectivity index (χ1n) is 10.8. The van der Waals surface area contributed by atoms with Crippen LogP contribution in [0.25, 0.3) is 0 Å². The summed E-state index contributed by atoms with van der Waals surface area (Å²) in [5.41, 5.74) is 4.37. The van der Waals surface area contributed by atoms with E-state index >= 15 is 0 Å². The molecule has 0 heterocycles. The number of carbonyl (C=O) groups excluding carboxylic acids is 2. The lowest BCUT2D eigenvalue weighted by Crippen LogP contribution is -2.50. The van der Waals surface area contributed by atoms with Gasteiger partial charge in [0.15, 0.2) is 0 Å². The monoisotopic (exact) mass is 494 g/mol. The van der Waals surface area contributed by atoms with Gasteiger partial charge in [-0.3, -0.25) is 9.59 Å². The van der Waals surface area contributed by atoms with E-state index in [9.17, 15) is 9.59 Å². The lowest BCUT2D eigenvalue weighted by Gasteiger charge is -2.30. The van der Waals surface area contributed by atoms with Gasteiger partial charge in [0.25, 0.3) is 0 Å². The maximum absolute atomic E-state index is 13.2. The summed E-state index contributed by atoms with van der Waals surface area (Å²) >= 11 is 13.9. The average Bonchev–Trinajstić information content (AvgIpc) is 2.71. The van der Waals surface area contributed by atoms with Gasteiger partial charge < -0.3 is 10.2 Å². The molecule has 32 heavy (non-hydrogen) atoms. The highest BCUT2D eigenvalue weighted by atomic mass is 35.5. The molecule has 2 aromatic rings. The summed E-state index contributed by atoms with van der Waals surface area (Å²) in [7, 11) is 0. The molecular formula is C25H32Cl2N2O2S. The molecule has 0 fully saturated rings. The number of hydrogen-bond donors (Lipinski definition) is 1. The van der Waals surface area contributed by atoms with E-state index in [4.69, 9.17) is 23.2 Å². The minimum atomic E-state index is -0.620. The minimum Gasteiger partial charge on any atom is -0.352 e. The van der Waals surface area contributed by atoms with E-state index in [1.165, 1.54) is 16.7 Å². The molecule has 2 unspecified atom stereocenters. The van der Waals surface area contributed by atoms with Crippen molar-refractivity contribution in [1.82, 2.24) is 10.2 Å². The number of aryl methyl sites for hydroxylation is 2. The molecule has 2 aromatic carbocycles. The second-order valence-corrected chi connectivity index (χ2v) is 10.1. The Morgan fingerprint density at radius 3 is 2.31 bits per heavy atom. The van der Waals surface area contributed by atoms with E-state index in [2.05, 4.69) is 37.4 Å². The number of rotatable bonds is 10. The Hall–Kier alpha value is -1.69. The van der Waals surface area contributed by atoms with Crippen molar-refractivity contribution in [2.24, 2.45) is 0 Å². The van der Waals surface area contributed by atoms with Gasteiger partial charge >= 0.3 is 0 Å². The third-order valence-corrected chi connectivity index (χ3v) is 6.88. The standard InChI is InChI=1S/C25H32Cl2N2O2S/c1-6-18(4)28-25(31)19(5)29(13-21-7-8-22(26)12-23(21)27)24(30)15-32-14-20-10-16(2)9-17(3)11-20/h7-12,18-19H,6,13-15H2,1-5H3,(H,28,31). The molecule has 174 valence electrons. The number of carbonyl (C=O) groups is 2. The second-order valence-electron chi connectivity index (χ2n) is 8.24. The van der Waals surface area contributed by atoms with Crippen molar-refractivity contribution >= 4 is 46.8 Å². The van der Waals surface area contributed by atoms with Crippen molar-refractivity contribution in [3.8, 4) is 0 Å². The molecule has 0 aromatic heterocycles. The lowest BCUT2D eigenvalue weighted by atomic mass is 10.1. The van der Waals surface area contributed by atoms with Crippen LogP contribution in [0.2, 0.25) is 10.0 Å². The normalized spacial score (nSPS) is 12.8. The van der Waals surface area contributed by atoms with Gasteiger partial charge in [-0.2, -0.15) is 0 Å². The fourth-order valence-electron chi connectivity index (χ4n) is 3.37. The summed E-state index contributed by atoms with van der Waals surface area (Å²) in [4.78, 5) is 27.6. The van der Waals surface area contributed by atoms with Gasteiger partial charge in [-0.05, 0) is 57.4 Å². The number of hydrogen-bond acceptors (Lipinski definition) is 3. The van der Waals surface area contributed by atoms with E-state index in [-0.39, 0.29) is 30.2 Å². The van der Waals surface area contributed by atoms with Crippen LogP contribution in [0.15, 0.2) is 36.4 Å². The molecule has 0 aliphatic rings. The molecule has 2 amide bonds. The average molecular weight is 496 g/mol. The zero-order chi connectivity index (χ0) is 23.8. The van der Waals surface area contributed by atoms with Crippen molar-refractivity contribution in [1.29, 1.82) is 0 Å². The zero-order valence-corrected chi connectivity index (χ0v) is 21.7. The Labute approximate surface area is 206 Å². The fraction of sp³-hybridized carbons (Fsp3) is 0.440. The molecule has 2 atom stereocenters. The second kappa shape index (κ2) is 12.5. The van der Waals surface area contributed by atoms with Crippen LogP contribution in [0.1, 0.15) is 49.4 Å². The van der Waals surface area contributed by atoms with E-state index in [1.807, 2.05) is 13.8 Å². The van der Waals surface area contributed by atoms with Crippen LogP contribution >= 0.6 is 35.0 Å². The number of thioether (sulfide) groups is 1. The van der Waals surface area contributed by atoms with Crippen LogP contribution in [0.4, 0.5) is 0 Å². The van der Waals surface area contributed by atoms with E-state index in [0.717, 1.165) is 17.7 Å². The summed E-state index contributed by atoms with van der Waals surface area (Å²) in [6.45, 7) is 10.1. The highest BCUT2D eigenvalue weighted by molar-refractivity contribution is 7.99. The molecule has 1 N–H and O–H groups in total. The Morgan fingerprint density at radius 2 is 1.72 bits per heavy atom. The molecule has 0 radical (unpaired) electrons.